The van der Waals surface area contributed by atoms with Gasteiger partial charge in [-0.3, -0.25) is 14.4 Å². The van der Waals surface area contributed by atoms with Crippen molar-refractivity contribution in [3.8, 4) is 0 Å². The molecule has 0 aliphatic rings. The zero-order valence-corrected chi connectivity index (χ0v) is 39.2. The van der Waals surface area contributed by atoms with Crippen molar-refractivity contribution in [3.05, 3.63) is 72.9 Å². The molecule has 1 atom stereocenters. The summed E-state index contributed by atoms with van der Waals surface area (Å²) < 4.78 is 16.7. The van der Waals surface area contributed by atoms with E-state index in [2.05, 4.69) is 93.7 Å². The van der Waals surface area contributed by atoms with Crippen molar-refractivity contribution in [2.24, 2.45) is 0 Å². The molecule has 0 aromatic carbocycles. The van der Waals surface area contributed by atoms with Crippen LogP contribution >= 0.6 is 0 Å². The average Bonchev–Trinajstić information content (AvgIpc) is 3.24. The van der Waals surface area contributed by atoms with Gasteiger partial charge in [0.2, 0.25) is 0 Å². The van der Waals surface area contributed by atoms with Crippen LogP contribution in [0.2, 0.25) is 0 Å². The second kappa shape index (κ2) is 48.5. The lowest BCUT2D eigenvalue weighted by atomic mass is 10.0. The van der Waals surface area contributed by atoms with E-state index in [1.54, 1.807) is 0 Å². The van der Waals surface area contributed by atoms with Crippen LogP contribution in [0.1, 0.15) is 233 Å². The van der Waals surface area contributed by atoms with Gasteiger partial charge in [0.25, 0.3) is 0 Å². The molecule has 0 fully saturated rings. The Hall–Kier alpha value is -3.15. The highest BCUT2D eigenvalue weighted by molar-refractivity contribution is 5.71. The standard InChI is InChI=1S/C54H92O6/c1-4-7-10-13-16-19-22-24-26-27-29-30-32-35-38-41-44-47-53(56)59-50-51(49-58-52(55)46-43-40-37-34-21-18-15-12-9-6-3)60-54(57)48-45-42-39-36-33-31-28-25-23-20-17-14-11-8-5-2/h7,10,12,15-16,19,24,26,29-30,35,38,51H,4-6,8-9,11,13-14,17-18,20-23,25,27-28,31-34,36-37,39-50H2,1-3H3/b10-7-,15-12-,19-16-,26-24-,30-29-,38-35-. The van der Waals surface area contributed by atoms with E-state index in [1.807, 2.05) is 0 Å². The number of allylic oxidation sites excluding steroid dienone is 12. The van der Waals surface area contributed by atoms with E-state index in [0.29, 0.717) is 19.3 Å². The summed E-state index contributed by atoms with van der Waals surface area (Å²) in [6.07, 6.45) is 60.4. The number of carbonyl (C=O) groups excluding carboxylic acids is 3. The molecule has 0 saturated heterocycles. The molecule has 0 rings (SSSR count). The van der Waals surface area contributed by atoms with Gasteiger partial charge >= 0.3 is 17.9 Å². The molecule has 0 bridgehead atoms. The molecule has 0 spiro atoms. The smallest absolute Gasteiger partial charge is 0.306 e. The quantitative estimate of drug-likeness (QED) is 0.0263. The second-order valence-electron chi connectivity index (χ2n) is 16.3. The fraction of sp³-hybridized carbons (Fsp3) is 0.722. The molecule has 0 aromatic rings. The lowest BCUT2D eigenvalue weighted by molar-refractivity contribution is -0.167. The van der Waals surface area contributed by atoms with Crippen LogP contribution in [-0.4, -0.2) is 37.2 Å². The largest absolute Gasteiger partial charge is 0.462 e. The molecular weight excluding hydrogens is 745 g/mol. The first-order chi connectivity index (χ1) is 29.5. The van der Waals surface area contributed by atoms with E-state index in [1.165, 1.54) is 89.9 Å². The van der Waals surface area contributed by atoms with E-state index >= 15 is 0 Å². The maximum atomic E-state index is 12.8. The van der Waals surface area contributed by atoms with Crippen molar-refractivity contribution in [2.75, 3.05) is 13.2 Å². The summed E-state index contributed by atoms with van der Waals surface area (Å²) in [5, 5.41) is 0. The van der Waals surface area contributed by atoms with Gasteiger partial charge in [-0.1, -0.05) is 209 Å². The molecule has 0 aromatic heterocycles. The molecule has 0 saturated carbocycles. The van der Waals surface area contributed by atoms with Crippen LogP contribution in [0, 0.1) is 0 Å². The van der Waals surface area contributed by atoms with E-state index in [4.69, 9.17) is 14.2 Å². The fourth-order valence-corrected chi connectivity index (χ4v) is 6.71. The molecule has 0 N–H and O–H groups in total. The molecule has 0 aliphatic heterocycles. The second-order valence-corrected chi connectivity index (χ2v) is 16.3. The van der Waals surface area contributed by atoms with Crippen LogP contribution in [0.5, 0.6) is 0 Å². The average molecular weight is 837 g/mol. The lowest BCUT2D eigenvalue weighted by Gasteiger charge is -2.18. The lowest BCUT2D eigenvalue weighted by Crippen LogP contribution is -2.30. The van der Waals surface area contributed by atoms with Gasteiger partial charge in [-0.2, -0.15) is 0 Å². The fourth-order valence-electron chi connectivity index (χ4n) is 6.71. The van der Waals surface area contributed by atoms with Crippen molar-refractivity contribution >= 4 is 17.9 Å². The highest BCUT2D eigenvalue weighted by Gasteiger charge is 2.19. The molecular formula is C54H92O6. The number of hydrogen-bond acceptors (Lipinski definition) is 6. The maximum Gasteiger partial charge on any atom is 0.306 e. The van der Waals surface area contributed by atoms with Crippen LogP contribution < -0.4 is 0 Å². The third kappa shape index (κ3) is 45.9. The Kier molecular flexibility index (Phi) is 46.0. The molecule has 0 aliphatic carbocycles. The third-order valence-corrected chi connectivity index (χ3v) is 10.4. The summed E-state index contributed by atoms with van der Waals surface area (Å²) in [5.74, 6) is -0.966. The minimum Gasteiger partial charge on any atom is -0.462 e. The first kappa shape index (κ1) is 56.9. The molecule has 0 radical (unpaired) electrons. The Bertz CT molecular complexity index is 1140. The number of hydrogen-bond donors (Lipinski definition) is 0. The predicted octanol–water partition coefficient (Wildman–Crippen LogP) is 16.3. The highest BCUT2D eigenvalue weighted by atomic mass is 16.6. The summed E-state index contributed by atoms with van der Waals surface area (Å²) in [6, 6.07) is 0. The molecule has 0 heterocycles. The van der Waals surface area contributed by atoms with Crippen molar-refractivity contribution in [2.45, 2.75) is 239 Å². The number of esters is 3. The summed E-state index contributed by atoms with van der Waals surface area (Å²) >= 11 is 0. The van der Waals surface area contributed by atoms with E-state index in [0.717, 1.165) is 96.3 Å². The Balaban J connectivity index is 4.44. The van der Waals surface area contributed by atoms with E-state index < -0.39 is 6.10 Å². The number of carbonyl (C=O) groups is 3. The third-order valence-electron chi connectivity index (χ3n) is 10.4. The number of unbranched alkanes of at least 4 members (excludes halogenated alkanes) is 21. The van der Waals surface area contributed by atoms with Crippen LogP contribution in [0.3, 0.4) is 0 Å². The van der Waals surface area contributed by atoms with Crippen LogP contribution in [0.4, 0.5) is 0 Å². The van der Waals surface area contributed by atoms with Crippen LogP contribution in [0.15, 0.2) is 72.9 Å². The summed E-state index contributed by atoms with van der Waals surface area (Å²) in [4.78, 5) is 37.8. The van der Waals surface area contributed by atoms with Gasteiger partial charge in [-0.25, -0.2) is 0 Å². The number of rotatable bonds is 44. The van der Waals surface area contributed by atoms with Crippen molar-refractivity contribution in [1.82, 2.24) is 0 Å². The van der Waals surface area contributed by atoms with Crippen molar-refractivity contribution < 1.29 is 28.6 Å². The Morgan fingerprint density at radius 1 is 0.350 bits per heavy atom. The normalized spacial score (nSPS) is 12.7. The molecule has 60 heavy (non-hydrogen) atoms. The van der Waals surface area contributed by atoms with Gasteiger partial charge in [0.1, 0.15) is 13.2 Å². The zero-order chi connectivity index (χ0) is 43.7. The highest BCUT2D eigenvalue weighted by Crippen LogP contribution is 2.15. The molecule has 1 unspecified atom stereocenters. The van der Waals surface area contributed by atoms with Crippen molar-refractivity contribution in [1.29, 1.82) is 0 Å². The maximum absolute atomic E-state index is 12.8. The molecule has 6 heteroatoms. The van der Waals surface area contributed by atoms with E-state index in [9.17, 15) is 14.4 Å². The summed E-state index contributed by atoms with van der Waals surface area (Å²) in [5.41, 5.74) is 0. The summed E-state index contributed by atoms with van der Waals surface area (Å²) in [7, 11) is 0. The minimum atomic E-state index is -0.798. The van der Waals surface area contributed by atoms with Gasteiger partial charge in [0.05, 0.1) is 0 Å². The van der Waals surface area contributed by atoms with Gasteiger partial charge in [-0.15, -0.1) is 0 Å². The Labute approximate surface area is 370 Å². The van der Waals surface area contributed by atoms with E-state index in [-0.39, 0.29) is 37.5 Å². The van der Waals surface area contributed by atoms with Crippen LogP contribution in [-0.2, 0) is 28.6 Å². The van der Waals surface area contributed by atoms with Gasteiger partial charge in [0.15, 0.2) is 6.10 Å². The monoisotopic (exact) mass is 837 g/mol. The zero-order valence-electron chi connectivity index (χ0n) is 39.2. The summed E-state index contributed by atoms with van der Waals surface area (Å²) in [6.45, 7) is 6.40. The van der Waals surface area contributed by atoms with Crippen molar-refractivity contribution in [3.63, 3.8) is 0 Å². The van der Waals surface area contributed by atoms with Crippen LogP contribution in [0.25, 0.3) is 0 Å². The van der Waals surface area contributed by atoms with Gasteiger partial charge in [0, 0.05) is 19.3 Å². The SMILES string of the molecule is CC/C=C\C/C=C\C/C=C\C/C=C\C/C=C\CCCC(=O)OCC(COC(=O)CCCCCCC/C=C\CCC)OC(=O)CCCCCCCCCCCCCCCCC. The molecule has 344 valence electrons. The van der Waals surface area contributed by atoms with Gasteiger partial charge in [-0.05, 0) is 77.0 Å². The Morgan fingerprint density at radius 2 is 0.700 bits per heavy atom. The first-order valence-corrected chi connectivity index (χ1v) is 24.9. The molecule has 6 nitrogen and oxygen atoms in total. The number of ether oxygens (including phenoxy) is 3. The first-order valence-electron chi connectivity index (χ1n) is 24.9. The minimum absolute atomic E-state index is 0.0964. The topological polar surface area (TPSA) is 78.9 Å². The van der Waals surface area contributed by atoms with Gasteiger partial charge < -0.3 is 14.2 Å². The Morgan fingerprint density at radius 3 is 1.17 bits per heavy atom. The molecule has 0 amide bonds. The predicted molar refractivity (Wildman–Crippen MR) is 256 cm³/mol.